The van der Waals surface area contributed by atoms with E-state index in [9.17, 15) is 18.0 Å². The van der Waals surface area contributed by atoms with Crippen molar-refractivity contribution < 1.29 is 22.7 Å². The lowest BCUT2D eigenvalue weighted by molar-refractivity contribution is 0.0318. The Bertz CT molecular complexity index is 931. The van der Waals surface area contributed by atoms with Crippen molar-refractivity contribution >= 4 is 21.8 Å². The number of benzene rings is 2. The predicted molar refractivity (Wildman–Crippen MR) is 102 cm³/mol. The van der Waals surface area contributed by atoms with Gasteiger partial charge in [-0.1, -0.05) is 35.9 Å². The van der Waals surface area contributed by atoms with Gasteiger partial charge >= 0.3 is 5.97 Å². The first kappa shape index (κ1) is 20.5. The molecule has 0 amide bonds. The summed E-state index contributed by atoms with van der Waals surface area (Å²) in [6, 6.07) is 12.3. The molecule has 2 aromatic carbocycles. The number of Topliss-reactive ketones (excluding diaryl/α,β-unsaturated/α-hetero) is 1. The number of carbonyl (C=O) groups excluding carboxylic acids is 2. The lowest BCUT2D eigenvalue weighted by atomic mass is 10.1. The molecule has 7 heteroatoms. The molecule has 27 heavy (non-hydrogen) atoms. The van der Waals surface area contributed by atoms with Gasteiger partial charge in [-0.3, -0.25) is 4.79 Å². The molecule has 0 bridgehead atoms. The molecular formula is C20H21NO5S. The van der Waals surface area contributed by atoms with E-state index in [1.165, 1.54) is 37.3 Å². The molecule has 0 heterocycles. The maximum atomic E-state index is 12.3. The fourth-order valence-corrected chi connectivity index (χ4v) is 3.26. The van der Waals surface area contributed by atoms with E-state index in [2.05, 4.69) is 11.3 Å². The number of hydrogen-bond donors (Lipinski definition) is 1. The Kier molecular flexibility index (Phi) is 6.65. The van der Waals surface area contributed by atoms with Gasteiger partial charge in [-0.2, -0.15) is 0 Å². The van der Waals surface area contributed by atoms with Crippen molar-refractivity contribution in [3.8, 4) is 0 Å². The average Bonchev–Trinajstić information content (AvgIpc) is 2.66. The number of aryl methyl sites for hydroxylation is 1. The first-order valence-corrected chi connectivity index (χ1v) is 9.75. The Morgan fingerprint density at radius 1 is 1.07 bits per heavy atom. The van der Waals surface area contributed by atoms with Crippen LogP contribution in [0.25, 0.3) is 0 Å². The molecule has 0 radical (unpaired) electrons. The maximum Gasteiger partial charge on any atom is 0.338 e. The van der Waals surface area contributed by atoms with Crippen LogP contribution in [0.4, 0.5) is 0 Å². The minimum atomic E-state index is -3.67. The number of carbonyl (C=O) groups is 2. The van der Waals surface area contributed by atoms with Crippen molar-refractivity contribution in [3.05, 3.63) is 77.9 Å². The van der Waals surface area contributed by atoms with Gasteiger partial charge in [0.1, 0.15) is 0 Å². The third-order valence-electron chi connectivity index (χ3n) is 3.81. The first-order valence-electron chi connectivity index (χ1n) is 8.27. The second kappa shape index (κ2) is 8.75. The smallest absolute Gasteiger partial charge is 0.338 e. The molecule has 0 unspecified atom stereocenters. The van der Waals surface area contributed by atoms with Gasteiger partial charge in [0.2, 0.25) is 15.8 Å². The molecule has 2 rings (SSSR count). The maximum absolute atomic E-state index is 12.3. The van der Waals surface area contributed by atoms with E-state index in [0.29, 0.717) is 5.56 Å². The third-order valence-corrected chi connectivity index (χ3v) is 5.25. The van der Waals surface area contributed by atoms with Crippen LogP contribution in [-0.2, 0) is 14.8 Å². The zero-order chi connectivity index (χ0) is 20.0. The van der Waals surface area contributed by atoms with Crippen LogP contribution in [0.3, 0.4) is 0 Å². The monoisotopic (exact) mass is 387 g/mol. The highest BCUT2D eigenvalue weighted by Gasteiger charge is 2.21. The lowest BCUT2D eigenvalue weighted by Gasteiger charge is -2.13. The van der Waals surface area contributed by atoms with Gasteiger partial charge in [0.25, 0.3) is 0 Å². The van der Waals surface area contributed by atoms with Crippen LogP contribution in [-0.4, -0.2) is 32.8 Å². The summed E-state index contributed by atoms with van der Waals surface area (Å²) in [5.41, 5.74) is 1.63. The zero-order valence-electron chi connectivity index (χ0n) is 15.1. The van der Waals surface area contributed by atoms with Crippen molar-refractivity contribution in [2.75, 3.05) is 6.54 Å². The Labute approximate surface area is 158 Å². The quantitative estimate of drug-likeness (QED) is 0.427. The second-order valence-electron chi connectivity index (χ2n) is 5.94. The van der Waals surface area contributed by atoms with E-state index in [-0.39, 0.29) is 22.8 Å². The number of ketones is 1. The van der Waals surface area contributed by atoms with E-state index in [0.717, 1.165) is 5.56 Å². The van der Waals surface area contributed by atoms with Gasteiger partial charge in [-0.05, 0) is 38.1 Å². The van der Waals surface area contributed by atoms with Gasteiger partial charge < -0.3 is 4.74 Å². The minimum Gasteiger partial charge on any atom is -0.451 e. The van der Waals surface area contributed by atoms with E-state index in [1.54, 1.807) is 24.3 Å². The summed E-state index contributed by atoms with van der Waals surface area (Å²) in [5.74, 6) is -1.01. The predicted octanol–water partition coefficient (Wildman–Crippen LogP) is 2.89. The Balaban J connectivity index is 2.06. The van der Waals surface area contributed by atoms with Crippen LogP contribution in [0, 0.1) is 6.92 Å². The topological polar surface area (TPSA) is 89.5 Å². The normalized spacial score (nSPS) is 12.2. The molecule has 0 aliphatic heterocycles. The average molecular weight is 387 g/mol. The lowest BCUT2D eigenvalue weighted by Crippen LogP contribution is -2.25. The molecule has 2 aromatic rings. The molecule has 1 N–H and O–H groups in total. The Morgan fingerprint density at radius 2 is 1.63 bits per heavy atom. The van der Waals surface area contributed by atoms with Gasteiger partial charge in [0.05, 0.1) is 10.5 Å². The van der Waals surface area contributed by atoms with Crippen LogP contribution in [0.1, 0.15) is 33.2 Å². The van der Waals surface area contributed by atoms with E-state index >= 15 is 0 Å². The van der Waals surface area contributed by atoms with Crippen LogP contribution in [0.2, 0.25) is 0 Å². The van der Waals surface area contributed by atoms with Crippen LogP contribution < -0.4 is 4.72 Å². The van der Waals surface area contributed by atoms with Crippen molar-refractivity contribution in [1.82, 2.24) is 4.72 Å². The van der Waals surface area contributed by atoms with Crippen molar-refractivity contribution in [2.24, 2.45) is 0 Å². The molecule has 0 saturated carbocycles. The molecule has 0 saturated heterocycles. The Morgan fingerprint density at radius 3 is 2.19 bits per heavy atom. The van der Waals surface area contributed by atoms with Crippen LogP contribution in [0.5, 0.6) is 0 Å². The fraction of sp³-hybridized carbons (Fsp3) is 0.200. The highest BCUT2D eigenvalue weighted by molar-refractivity contribution is 7.89. The summed E-state index contributed by atoms with van der Waals surface area (Å²) in [7, 11) is -3.67. The first-order chi connectivity index (χ1) is 12.7. The SMILES string of the molecule is C=CCNS(=O)(=O)c1ccc(C(=O)O[C@H](C)C(=O)c2ccc(C)cc2)cc1. The number of sulfonamides is 1. The molecule has 0 aromatic heterocycles. The van der Waals surface area contributed by atoms with Gasteiger partial charge in [0.15, 0.2) is 6.10 Å². The number of hydrogen-bond acceptors (Lipinski definition) is 5. The summed E-state index contributed by atoms with van der Waals surface area (Å²) in [5, 5.41) is 0. The van der Waals surface area contributed by atoms with Gasteiger partial charge in [-0.25, -0.2) is 17.9 Å². The van der Waals surface area contributed by atoms with E-state index in [4.69, 9.17) is 4.74 Å². The highest BCUT2D eigenvalue weighted by Crippen LogP contribution is 2.14. The standard InChI is InChI=1S/C20H21NO5S/c1-4-13-21-27(24,25)18-11-9-17(10-12-18)20(23)26-15(3)19(22)16-7-5-14(2)6-8-16/h4-12,15,21H,1,13H2,2-3H3/t15-/m1/s1. The summed E-state index contributed by atoms with van der Waals surface area (Å²) >= 11 is 0. The number of rotatable bonds is 8. The van der Waals surface area contributed by atoms with Crippen molar-refractivity contribution in [3.63, 3.8) is 0 Å². The zero-order valence-corrected chi connectivity index (χ0v) is 16.0. The number of nitrogens with one attached hydrogen (secondary N) is 1. The molecule has 6 nitrogen and oxygen atoms in total. The summed E-state index contributed by atoms with van der Waals surface area (Å²) in [6.45, 7) is 6.96. The molecule has 0 fully saturated rings. The number of ether oxygens (including phenoxy) is 1. The molecule has 0 aliphatic carbocycles. The Hall–Kier alpha value is -2.77. The van der Waals surface area contributed by atoms with Gasteiger partial charge in [0, 0.05) is 12.1 Å². The second-order valence-corrected chi connectivity index (χ2v) is 7.71. The molecule has 1 atom stereocenters. The van der Waals surface area contributed by atoms with Crippen LogP contribution >= 0.6 is 0 Å². The van der Waals surface area contributed by atoms with Crippen molar-refractivity contribution in [1.29, 1.82) is 0 Å². The summed E-state index contributed by atoms with van der Waals surface area (Å²) < 4.78 is 31.5. The van der Waals surface area contributed by atoms with Crippen LogP contribution in [0.15, 0.2) is 66.1 Å². The summed E-state index contributed by atoms with van der Waals surface area (Å²) in [4.78, 5) is 24.6. The van der Waals surface area contributed by atoms with E-state index < -0.39 is 22.1 Å². The summed E-state index contributed by atoms with van der Waals surface area (Å²) in [6.07, 6.45) is 0.466. The third kappa shape index (κ3) is 5.35. The largest absolute Gasteiger partial charge is 0.451 e. The van der Waals surface area contributed by atoms with Crippen molar-refractivity contribution in [2.45, 2.75) is 24.8 Å². The fourth-order valence-electron chi connectivity index (χ4n) is 2.26. The van der Waals surface area contributed by atoms with E-state index in [1.807, 2.05) is 6.92 Å². The highest BCUT2D eigenvalue weighted by atomic mass is 32.2. The molecule has 0 spiro atoms. The van der Waals surface area contributed by atoms with Gasteiger partial charge in [-0.15, -0.1) is 6.58 Å². The molecular weight excluding hydrogens is 366 g/mol. The minimum absolute atomic E-state index is 0.0182. The molecule has 142 valence electrons. The molecule has 0 aliphatic rings. The number of esters is 1.